The largest absolute Gasteiger partial charge is 2.00 e. The molecule has 1 aromatic rings. The molecule has 1 aliphatic heterocycles. The second kappa shape index (κ2) is 11.1. The van der Waals surface area contributed by atoms with Gasteiger partial charge >= 0.3 is 23.1 Å². The van der Waals surface area contributed by atoms with Gasteiger partial charge in [-0.3, -0.25) is 4.90 Å². The molecule has 1 saturated heterocycles. The standard InChI is InChI=1S/C14H20NO.BrH.Mg/c1-2-7-11-15(10-6-1)12-13-16-14-8-4-3-5-9-14;;/h4-5,8-9H,1-2,6-7,10-13H2;1H;/q-1;;+2/p-1. The van der Waals surface area contributed by atoms with Gasteiger partial charge in [-0.2, -0.15) is 18.2 Å². The summed E-state index contributed by atoms with van der Waals surface area (Å²) in [6.45, 7) is 4.33. The zero-order valence-corrected chi connectivity index (χ0v) is 13.9. The molecule has 1 aromatic carbocycles. The maximum atomic E-state index is 5.69. The number of hydrogen-bond acceptors (Lipinski definition) is 2. The summed E-state index contributed by atoms with van der Waals surface area (Å²) in [7, 11) is 0. The fourth-order valence-corrected chi connectivity index (χ4v) is 2.12. The quantitative estimate of drug-likeness (QED) is 0.540. The fraction of sp³-hybridized carbons (Fsp3) is 0.571. The van der Waals surface area contributed by atoms with Crippen molar-refractivity contribution in [1.82, 2.24) is 4.90 Å². The van der Waals surface area contributed by atoms with E-state index in [1.54, 1.807) is 0 Å². The Labute approximate surface area is 137 Å². The van der Waals surface area contributed by atoms with Crippen LogP contribution in [-0.4, -0.2) is 54.2 Å². The second-order valence-electron chi connectivity index (χ2n) is 4.34. The third-order valence-corrected chi connectivity index (χ3v) is 3.06. The molecule has 2 rings (SSSR count). The number of ether oxygens (including phenoxy) is 1. The average Bonchev–Trinajstić information content (AvgIpc) is 2.59. The molecule has 0 N–H and O–H groups in total. The Morgan fingerprint density at radius 2 is 1.67 bits per heavy atom. The van der Waals surface area contributed by atoms with Crippen molar-refractivity contribution in [3.63, 3.8) is 0 Å². The van der Waals surface area contributed by atoms with Gasteiger partial charge in [-0.1, -0.05) is 12.8 Å². The molecule has 0 unspecified atom stereocenters. The molecule has 1 heterocycles. The van der Waals surface area contributed by atoms with Crippen molar-refractivity contribution in [1.29, 1.82) is 0 Å². The van der Waals surface area contributed by atoms with E-state index >= 15 is 0 Å². The minimum absolute atomic E-state index is 0. The van der Waals surface area contributed by atoms with Gasteiger partial charge in [0.1, 0.15) is 0 Å². The molecular formula is C14H20BrMgNO. The van der Waals surface area contributed by atoms with Gasteiger partial charge in [-0.25, -0.2) is 0 Å². The Morgan fingerprint density at radius 3 is 2.28 bits per heavy atom. The minimum atomic E-state index is 0. The molecule has 0 atom stereocenters. The zero-order valence-electron chi connectivity index (χ0n) is 10.9. The third kappa shape index (κ3) is 6.97. The van der Waals surface area contributed by atoms with E-state index in [-0.39, 0.29) is 40.0 Å². The summed E-state index contributed by atoms with van der Waals surface area (Å²) in [4.78, 5) is 2.52. The molecule has 0 aromatic heterocycles. The van der Waals surface area contributed by atoms with Crippen molar-refractivity contribution in [3.8, 4) is 5.75 Å². The van der Waals surface area contributed by atoms with Crippen molar-refractivity contribution >= 4 is 23.1 Å². The van der Waals surface area contributed by atoms with Crippen LogP contribution in [0.1, 0.15) is 25.7 Å². The Hall–Kier alpha value is 0.226. The van der Waals surface area contributed by atoms with E-state index < -0.39 is 0 Å². The van der Waals surface area contributed by atoms with Crippen LogP contribution in [0.15, 0.2) is 24.3 Å². The number of rotatable bonds is 4. The van der Waals surface area contributed by atoms with E-state index in [1.807, 2.05) is 24.3 Å². The molecule has 2 nitrogen and oxygen atoms in total. The third-order valence-electron chi connectivity index (χ3n) is 3.06. The summed E-state index contributed by atoms with van der Waals surface area (Å²) in [6, 6.07) is 10.7. The van der Waals surface area contributed by atoms with Crippen LogP contribution in [0.3, 0.4) is 0 Å². The first-order valence-corrected chi connectivity index (χ1v) is 6.26. The Bertz CT molecular complexity index is 289. The topological polar surface area (TPSA) is 12.5 Å². The molecule has 1 fully saturated rings. The summed E-state index contributed by atoms with van der Waals surface area (Å²) in [5.41, 5.74) is 0. The number of nitrogens with zero attached hydrogens (tertiary/aromatic N) is 1. The molecule has 96 valence electrons. The maximum Gasteiger partial charge on any atom is 2.00 e. The molecule has 0 saturated carbocycles. The predicted molar refractivity (Wildman–Crippen MR) is 71.4 cm³/mol. The number of benzene rings is 1. The first kappa shape index (κ1) is 18.2. The normalized spacial score (nSPS) is 16.0. The molecule has 0 amide bonds. The van der Waals surface area contributed by atoms with E-state index in [0.717, 1.165) is 18.9 Å². The summed E-state index contributed by atoms with van der Waals surface area (Å²) >= 11 is 0. The smallest absolute Gasteiger partial charge is 1.00 e. The van der Waals surface area contributed by atoms with Crippen molar-refractivity contribution in [2.45, 2.75) is 25.7 Å². The minimum Gasteiger partial charge on any atom is -1.00 e. The van der Waals surface area contributed by atoms with Crippen molar-refractivity contribution < 1.29 is 21.7 Å². The molecule has 4 heteroatoms. The van der Waals surface area contributed by atoms with Crippen molar-refractivity contribution in [2.24, 2.45) is 0 Å². The summed E-state index contributed by atoms with van der Waals surface area (Å²) in [5.74, 6) is 0.952. The number of hydrogen-bond donors (Lipinski definition) is 0. The molecule has 18 heavy (non-hydrogen) atoms. The van der Waals surface area contributed by atoms with E-state index in [1.165, 1.54) is 38.8 Å². The van der Waals surface area contributed by atoms with Crippen LogP contribution in [0.4, 0.5) is 0 Å². The van der Waals surface area contributed by atoms with E-state index in [2.05, 4.69) is 11.0 Å². The monoisotopic (exact) mass is 321 g/mol. The Balaban J connectivity index is 0.00000144. The van der Waals surface area contributed by atoms with Gasteiger partial charge < -0.3 is 21.7 Å². The van der Waals surface area contributed by atoms with E-state index in [0.29, 0.717) is 0 Å². The SMILES string of the molecule is [Br-].[Mg+2].[c-]1ccc(OCCN2CCCCCC2)cc1. The van der Waals surface area contributed by atoms with Gasteiger partial charge in [-0.05, 0) is 25.9 Å². The van der Waals surface area contributed by atoms with Crippen LogP contribution >= 0.6 is 0 Å². The first-order chi connectivity index (χ1) is 7.95. The maximum absolute atomic E-state index is 5.69. The molecule has 0 radical (unpaired) electrons. The Kier molecular flexibility index (Phi) is 11.2. The first-order valence-electron chi connectivity index (χ1n) is 6.26. The van der Waals surface area contributed by atoms with Gasteiger partial charge in [0.15, 0.2) is 0 Å². The van der Waals surface area contributed by atoms with E-state index in [4.69, 9.17) is 4.74 Å². The summed E-state index contributed by atoms with van der Waals surface area (Å²) in [6.07, 6.45) is 5.48. The van der Waals surface area contributed by atoms with Gasteiger partial charge in [0.2, 0.25) is 0 Å². The number of halogens is 1. The fourth-order valence-electron chi connectivity index (χ4n) is 2.12. The van der Waals surface area contributed by atoms with Crippen LogP contribution in [0.2, 0.25) is 0 Å². The van der Waals surface area contributed by atoms with Crippen LogP contribution in [0.5, 0.6) is 5.75 Å². The predicted octanol–water partition coefficient (Wildman–Crippen LogP) is -0.635. The Morgan fingerprint density at radius 1 is 1.06 bits per heavy atom. The molecule has 0 spiro atoms. The van der Waals surface area contributed by atoms with E-state index in [9.17, 15) is 0 Å². The van der Waals surface area contributed by atoms with Crippen LogP contribution in [0, 0.1) is 6.07 Å². The summed E-state index contributed by atoms with van der Waals surface area (Å²) in [5, 5.41) is 0. The van der Waals surface area contributed by atoms with Crippen LogP contribution in [-0.2, 0) is 0 Å². The van der Waals surface area contributed by atoms with Crippen molar-refractivity contribution in [3.05, 3.63) is 30.3 Å². The summed E-state index contributed by atoms with van der Waals surface area (Å²) < 4.78 is 5.69. The zero-order chi connectivity index (χ0) is 11.1. The average molecular weight is 323 g/mol. The van der Waals surface area contributed by atoms with Crippen LogP contribution < -0.4 is 21.7 Å². The molecular weight excluding hydrogens is 302 g/mol. The number of likely N-dealkylation sites (tertiary alicyclic amines) is 1. The van der Waals surface area contributed by atoms with Gasteiger partial charge in [0.25, 0.3) is 0 Å². The second-order valence-corrected chi connectivity index (χ2v) is 4.34. The van der Waals surface area contributed by atoms with Gasteiger partial charge in [-0.15, -0.1) is 12.1 Å². The molecule has 0 bridgehead atoms. The van der Waals surface area contributed by atoms with Gasteiger partial charge in [0, 0.05) is 12.3 Å². The molecule has 1 aliphatic rings. The van der Waals surface area contributed by atoms with Gasteiger partial charge in [0.05, 0.1) is 6.61 Å². The van der Waals surface area contributed by atoms with Crippen LogP contribution in [0.25, 0.3) is 0 Å². The molecule has 0 aliphatic carbocycles. The van der Waals surface area contributed by atoms with Crippen molar-refractivity contribution in [2.75, 3.05) is 26.2 Å².